The van der Waals surface area contributed by atoms with Crippen LogP contribution in [0.3, 0.4) is 0 Å². The molecule has 5 nitrogen and oxygen atoms in total. The largest absolute Gasteiger partial charge is 0.494 e. The van der Waals surface area contributed by atoms with Crippen LogP contribution in [0.25, 0.3) is 0 Å². The Bertz CT molecular complexity index is 545. The summed E-state index contributed by atoms with van der Waals surface area (Å²) in [6, 6.07) is 2.80. The van der Waals surface area contributed by atoms with Crippen LogP contribution in [-0.2, 0) is 4.79 Å². The van der Waals surface area contributed by atoms with E-state index in [1.165, 1.54) is 7.11 Å². The van der Waals surface area contributed by atoms with Gasteiger partial charge in [-0.15, -0.1) is 0 Å². The minimum Gasteiger partial charge on any atom is -0.494 e. The molecule has 1 aromatic carbocycles. The summed E-state index contributed by atoms with van der Waals surface area (Å²) in [4.78, 5) is 22.5. The molecule has 0 unspecified atom stereocenters. The van der Waals surface area contributed by atoms with Crippen LogP contribution < -0.4 is 4.74 Å². The maximum absolute atomic E-state index is 13.4. The van der Waals surface area contributed by atoms with E-state index in [0.29, 0.717) is 6.07 Å². The molecule has 0 atom stereocenters. The lowest BCUT2D eigenvalue weighted by Gasteiger charge is -2.22. The highest BCUT2D eigenvalue weighted by Crippen LogP contribution is 2.21. The van der Waals surface area contributed by atoms with Crippen LogP contribution in [-0.4, -0.2) is 48.3 Å². The Labute approximate surface area is 116 Å². The number of benzene rings is 1. The van der Waals surface area contributed by atoms with Crippen LogP contribution in [0.2, 0.25) is 0 Å². The zero-order valence-electron chi connectivity index (χ0n) is 10.8. The summed E-state index contributed by atoms with van der Waals surface area (Å²) in [6.07, 6.45) is -4.77. The van der Waals surface area contributed by atoms with Gasteiger partial charge in [0.2, 0.25) is 0 Å². The van der Waals surface area contributed by atoms with Crippen molar-refractivity contribution in [3.05, 3.63) is 29.6 Å². The van der Waals surface area contributed by atoms with Gasteiger partial charge in [-0.3, -0.25) is 9.59 Å². The molecule has 0 saturated heterocycles. The molecule has 0 saturated carbocycles. The van der Waals surface area contributed by atoms with E-state index in [1.54, 1.807) is 0 Å². The van der Waals surface area contributed by atoms with Gasteiger partial charge in [0.25, 0.3) is 5.91 Å². The average Bonchev–Trinajstić information content (AvgIpc) is 2.34. The maximum atomic E-state index is 13.4. The summed E-state index contributed by atoms with van der Waals surface area (Å²) in [5.74, 6) is -3.98. The van der Waals surface area contributed by atoms with Gasteiger partial charge in [-0.25, -0.2) is 4.39 Å². The molecule has 21 heavy (non-hydrogen) atoms. The third-order valence-corrected chi connectivity index (χ3v) is 2.38. The Hall–Kier alpha value is -2.32. The average molecular weight is 309 g/mol. The SMILES string of the molecule is COc1ccc(C(=O)N(CC(=O)O)CC(F)(F)F)cc1F. The van der Waals surface area contributed by atoms with Crippen molar-refractivity contribution in [3.63, 3.8) is 0 Å². The van der Waals surface area contributed by atoms with E-state index in [-0.39, 0.29) is 10.6 Å². The first-order chi connectivity index (χ1) is 9.64. The molecule has 0 heterocycles. The summed E-state index contributed by atoms with van der Waals surface area (Å²) >= 11 is 0. The topological polar surface area (TPSA) is 66.8 Å². The number of halogens is 4. The third-order valence-electron chi connectivity index (χ3n) is 2.38. The lowest BCUT2D eigenvalue weighted by molar-refractivity contribution is -0.149. The van der Waals surface area contributed by atoms with E-state index in [4.69, 9.17) is 5.11 Å². The van der Waals surface area contributed by atoms with Gasteiger partial charge in [-0.1, -0.05) is 0 Å². The molecule has 0 spiro atoms. The van der Waals surface area contributed by atoms with E-state index >= 15 is 0 Å². The van der Waals surface area contributed by atoms with Gasteiger partial charge in [0.1, 0.15) is 13.1 Å². The zero-order chi connectivity index (χ0) is 16.2. The number of carboxylic acids is 1. The number of aliphatic carboxylic acids is 1. The standard InChI is InChI=1S/C12H11F4NO4/c1-21-9-3-2-7(4-8(9)13)11(20)17(5-10(18)19)6-12(14,15)16/h2-4H,5-6H2,1H3,(H,18,19). The molecule has 9 heteroatoms. The van der Waals surface area contributed by atoms with Crippen LogP contribution in [0.1, 0.15) is 10.4 Å². The number of hydrogen-bond donors (Lipinski definition) is 1. The van der Waals surface area contributed by atoms with Gasteiger partial charge in [0.15, 0.2) is 11.6 Å². The summed E-state index contributed by atoms with van der Waals surface area (Å²) in [7, 11) is 1.18. The van der Waals surface area contributed by atoms with E-state index in [0.717, 1.165) is 12.1 Å². The number of carboxylic acid groups (broad SMARTS) is 1. The van der Waals surface area contributed by atoms with Gasteiger partial charge < -0.3 is 14.7 Å². The molecule has 1 N–H and O–H groups in total. The number of amides is 1. The second kappa shape index (κ2) is 6.42. The molecule has 0 aromatic heterocycles. The summed E-state index contributed by atoms with van der Waals surface area (Å²) in [5.41, 5.74) is -0.404. The van der Waals surface area contributed by atoms with Gasteiger partial charge >= 0.3 is 12.1 Å². The van der Waals surface area contributed by atoms with Crippen molar-refractivity contribution in [2.45, 2.75) is 6.18 Å². The van der Waals surface area contributed by atoms with Gasteiger partial charge in [0.05, 0.1) is 7.11 Å². The highest BCUT2D eigenvalue weighted by atomic mass is 19.4. The first-order valence-corrected chi connectivity index (χ1v) is 5.55. The fourth-order valence-corrected chi connectivity index (χ4v) is 1.56. The van der Waals surface area contributed by atoms with Crippen LogP contribution in [0, 0.1) is 5.82 Å². The highest BCUT2D eigenvalue weighted by Gasteiger charge is 2.34. The maximum Gasteiger partial charge on any atom is 0.406 e. The molecule has 1 rings (SSSR count). The van der Waals surface area contributed by atoms with E-state index in [2.05, 4.69) is 4.74 Å². The van der Waals surface area contributed by atoms with E-state index < -0.39 is 42.5 Å². The van der Waals surface area contributed by atoms with Crippen molar-refractivity contribution < 1.29 is 37.0 Å². The summed E-state index contributed by atoms with van der Waals surface area (Å²) in [5, 5.41) is 8.56. The number of alkyl halides is 3. The number of carbonyl (C=O) groups is 2. The van der Waals surface area contributed by atoms with Crippen molar-refractivity contribution in [2.75, 3.05) is 20.2 Å². The Morgan fingerprint density at radius 1 is 1.33 bits per heavy atom. The Morgan fingerprint density at radius 3 is 2.38 bits per heavy atom. The lowest BCUT2D eigenvalue weighted by atomic mass is 10.1. The van der Waals surface area contributed by atoms with Crippen LogP contribution >= 0.6 is 0 Å². The fourth-order valence-electron chi connectivity index (χ4n) is 1.56. The second-order valence-corrected chi connectivity index (χ2v) is 4.02. The minimum atomic E-state index is -4.77. The quantitative estimate of drug-likeness (QED) is 0.844. The number of carbonyl (C=O) groups excluding carboxylic acids is 1. The summed E-state index contributed by atoms with van der Waals surface area (Å²) < 4.78 is 55.1. The molecule has 1 amide bonds. The normalized spacial score (nSPS) is 11.1. The smallest absolute Gasteiger partial charge is 0.406 e. The monoisotopic (exact) mass is 309 g/mol. The first-order valence-electron chi connectivity index (χ1n) is 5.55. The number of methoxy groups -OCH3 is 1. The predicted molar refractivity (Wildman–Crippen MR) is 62.5 cm³/mol. The van der Waals surface area contributed by atoms with Crippen molar-refractivity contribution in [1.82, 2.24) is 4.90 Å². The number of rotatable bonds is 5. The number of nitrogens with zero attached hydrogens (tertiary/aromatic N) is 1. The molecule has 0 bridgehead atoms. The van der Waals surface area contributed by atoms with Crippen LogP contribution in [0.4, 0.5) is 17.6 Å². The highest BCUT2D eigenvalue weighted by molar-refractivity contribution is 5.96. The van der Waals surface area contributed by atoms with Crippen molar-refractivity contribution >= 4 is 11.9 Å². The first kappa shape index (κ1) is 16.7. The molecule has 0 aliphatic rings. The Kier molecular flexibility index (Phi) is 5.12. The van der Waals surface area contributed by atoms with Crippen molar-refractivity contribution in [3.8, 4) is 5.75 Å². The van der Waals surface area contributed by atoms with Crippen molar-refractivity contribution in [1.29, 1.82) is 0 Å². The summed E-state index contributed by atoms with van der Waals surface area (Å²) in [6.45, 7) is -2.89. The number of ether oxygens (including phenoxy) is 1. The molecule has 1 aromatic rings. The molecule has 0 aliphatic heterocycles. The second-order valence-electron chi connectivity index (χ2n) is 4.02. The van der Waals surface area contributed by atoms with Gasteiger partial charge in [-0.05, 0) is 18.2 Å². The van der Waals surface area contributed by atoms with Gasteiger partial charge in [0, 0.05) is 5.56 Å². The Balaban J connectivity index is 3.04. The molecular weight excluding hydrogens is 298 g/mol. The minimum absolute atomic E-state index is 0.0730. The molecule has 0 fully saturated rings. The van der Waals surface area contributed by atoms with Crippen molar-refractivity contribution in [2.24, 2.45) is 0 Å². The number of hydrogen-bond acceptors (Lipinski definition) is 3. The molecule has 116 valence electrons. The predicted octanol–water partition coefficient (Wildman–Crippen LogP) is 1.92. The Morgan fingerprint density at radius 2 is 1.95 bits per heavy atom. The zero-order valence-corrected chi connectivity index (χ0v) is 10.8. The van der Waals surface area contributed by atoms with Crippen LogP contribution in [0.5, 0.6) is 5.75 Å². The fraction of sp³-hybridized carbons (Fsp3) is 0.333. The molecular formula is C12H11F4NO4. The third kappa shape index (κ3) is 4.93. The van der Waals surface area contributed by atoms with Gasteiger partial charge in [-0.2, -0.15) is 13.2 Å². The van der Waals surface area contributed by atoms with E-state index in [1.807, 2.05) is 0 Å². The molecule has 0 aliphatic carbocycles. The molecule has 0 radical (unpaired) electrons. The van der Waals surface area contributed by atoms with E-state index in [9.17, 15) is 27.2 Å². The lowest BCUT2D eigenvalue weighted by Crippen LogP contribution is -2.42. The van der Waals surface area contributed by atoms with Crippen LogP contribution in [0.15, 0.2) is 18.2 Å².